The molecule has 0 aliphatic carbocycles. The van der Waals surface area contributed by atoms with Gasteiger partial charge in [0.2, 0.25) is 0 Å². The Morgan fingerprint density at radius 2 is 2.04 bits per heavy atom. The third kappa shape index (κ3) is 5.26. The van der Waals surface area contributed by atoms with Crippen molar-refractivity contribution in [3.05, 3.63) is 69.7 Å². The predicted octanol–water partition coefficient (Wildman–Crippen LogP) is 5.36. The van der Waals surface area contributed by atoms with E-state index in [9.17, 15) is 0 Å². The Bertz CT molecular complexity index is 691. The highest BCUT2D eigenvalue weighted by Gasteiger charge is 2.13. The first kappa shape index (κ1) is 18.8. The van der Waals surface area contributed by atoms with Crippen LogP contribution in [0.15, 0.2) is 53.5 Å². The summed E-state index contributed by atoms with van der Waals surface area (Å²) in [6, 6.07) is 11.7. The molecule has 0 bridgehead atoms. The van der Waals surface area contributed by atoms with E-state index in [0.717, 1.165) is 28.7 Å². The van der Waals surface area contributed by atoms with E-state index in [2.05, 4.69) is 27.8 Å². The molecule has 0 aliphatic rings. The zero-order chi connectivity index (χ0) is 17.4. The summed E-state index contributed by atoms with van der Waals surface area (Å²) in [7, 11) is 0. The SMILES string of the molecule is C=CCNCc1cc(Br)c(OCc2ccccc2Cl)c(OCC)c1. The molecule has 2 aromatic rings. The molecule has 0 aliphatic heterocycles. The molecule has 0 fully saturated rings. The molecular formula is C19H21BrClNO2. The van der Waals surface area contributed by atoms with Gasteiger partial charge >= 0.3 is 0 Å². The molecule has 128 valence electrons. The monoisotopic (exact) mass is 409 g/mol. The Labute approximate surface area is 156 Å². The maximum atomic E-state index is 6.19. The van der Waals surface area contributed by atoms with Gasteiger partial charge in [0.15, 0.2) is 11.5 Å². The molecular weight excluding hydrogens is 390 g/mol. The zero-order valence-corrected chi connectivity index (χ0v) is 16.0. The van der Waals surface area contributed by atoms with Crippen molar-refractivity contribution in [3.63, 3.8) is 0 Å². The van der Waals surface area contributed by atoms with Crippen LogP contribution in [-0.2, 0) is 13.2 Å². The highest BCUT2D eigenvalue weighted by atomic mass is 79.9. The zero-order valence-electron chi connectivity index (χ0n) is 13.6. The van der Waals surface area contributed by atoms with E-state index in [4.69, 9.17) is 21.1 Å². The summed E-state index contributed by atoms with van der Waals surface area (Å²) in [6.45, 7) is 8.09. The topological polar surface area (TPSA) is 30.5 Å². The Kier molecular flexibility index (Phi) is 7.63. The first-order valence-corrected chi connectivity index (χ1v) is 8.95. The number of hydrogen-bond acceptors (Lipinski definition) is 3. The molecule has 0 amide bonds. The molecule has 5 heteroatoms. The summed E-state index contributed by atoms with van der Waals surface area (Å²) < 4.78 is 12.6. The third-order valence-electron chi connectivity index (χ3n) is 3.32. The smallest absolute Gasteiger partial charge is 0.175 e. The summed E-state index contributed by atoms with van der Waals surface area (Å²) in [4.78, 5) is 0. The predicted molar refractivity (Wildman–Crippen MR) is 103 cm³/mol. The van der Waals surface area contributed by atoms with Crippen LogP contribution in [0.5, 0.6) is 11.5 Å². The molecule has 0 saturated carbocycles. The van der Waals surface area contributed by atoms with Gasteiger partial charge < -0.3 is 14.8 Å². The minimum absolute atomic E-state index is 0.381. The number of halogens is 2. The average molecular weight is 411 g/mol. The normalized spacial score (nSPS) is 10.5. The van der Waals surface area contributed by atoms with Gasteiger partial charge in [-0.05, 0) is 46.6 Å². The lowest BCUT2D eigenvalue weighted by atomic mass is 10.2. The second-order valence-electron chi connectivity index (χ2n) is 5.14. The number of hydrogen-bond donors (Lipinski definition) is 1. The number of ether oxygens (including phenoxy) is 2. The maximum Gasteiger partial charge on any atom is 0.175 e. The van der Waals surface area contributed by atoms with E-state index in [-0.39, 0.29) is 0 Å². The Hall–Kier alpha value is -1.49. The highest BCUT2D eigenvalue weighted by Crippen LogP contribution is 2.37. The fraction of sp³-hybridized carbons (Fsp3) is 0.263. The average Bonchev–Trinajstić information content (AvgIpc) is 2.56. The lowest BCUT2D eigenvalue weighted by Gasteiger charge is -2.16. The van der Waals surface area contributed by atoms with Crippen molar-refractivity contribution in [2.24, 2.45) is 0 Å². The molecule has 24 heavy (non-hydrogen) atoms. The summed E-state index contributed by atoms with van der Waals surface area (Å²) in [5.74, 6) is 1.40. The van der Waals surface area contributed by atoms with Gasteiger partial charge in [0.1, 0.15) is 6.61 Å². The first-order valence-electron chi connectivity index (χ1n) is 7.78. The van der Waals surface area contributed by atoms with Crippen LogP contribution in [0.4, 0.5) is 0 Å². The summed E-state index contributed by atoms with van der Waals surface area (Å²) >= 11 is 9.77. The van der Waals surface area contributed by atoms with Crippen LogP contribution in [0.3, 0.4) is 0 Å². The highest BCUT2D eigenvalue weighted by molar-refractivity contribution is 9.10. The van der Waals surface area contributed by atoms with Gasteiger partial charge in [-0.25, -0.2) is 0 Å². The van der Waals surface area contributed by atoms with E-state index in [1.807, 2.05) is 49.4 Å². The molecule has 0 saturated heterocycles. The fourth-order valence-corrected chi connectivity index (χ4v) is 3.00. The lowest BCUT2D eigenvalue weighted by Crippen LogP contribution is -2.13. The molecule has 0 unspecified atom stereocenters. The second kappa shape index (κ2) is 9.72. The molecule has 0 spiro atoms. The second-order valence-corrected chi connectivity index (χ2v) is 6.40. The molecule has 0 heterocycles. The van der Waals surface area contributed by atoms with Crippen LogP contribution >= 0.6 is 27.5 Å². The van der Waals surface area contributed by atoms with Crippen LogP contribution in [0.2, 0.25) is 5.02 Å². The first-order chi connectivity index (χ1) is 11.7. The summed E-state index contributed by atoms with van der Waals surface area (Å²) in [5.41, 5.74) is 2.04. The quantitative estimate of drug-likeness (QED) is 0.446. The molecule has 2 rings (SSSR count). The fourth-order valence-electron chi connectivity index (χ4n) is 2.21. The van der Waals surface area contributed by atoms with E-state index in [0.29, 0.717) is 29.7 Å². The molecule has 3 nitrogen and oxygen atoms in total. The van der Waals surface area contributed by atoms with Crippen molar-refractivity contribution >= 4 is 27.5 Å². The summed E-state index contributed by atoms with van der Waals surface area (Å²) in [5, 5.41) is 3.97. The van der Waals surface area contributed by atoms with Gasteiger partial charge in [0, 0.05) is 23.7 Å². The van der Waals surface area contributed by atoms with Gasteiger partial charge in [-0.2, -0.15) is 0 Å². The molecule has 0 atom stereocenters. The van der Waals surface area contributed by atoms with Gasteiger partial charge in [0.25, 0.3) is 0 Å². The van der Waals surface area contributed by atoms with Crippen LogP contribution in [-0.4, -0.2) is 13.2 Å². The molecule has 0 radical (unpaired) electrons. The minimum atomic E-state index is 0.381. The van der Waals surface area contributed by atoms with Crippen LogP contribution < -0.4 is 14.8 Å². The maximum absolute atomic E-state index is 6.19. The van der Waals surface area contributed by atoms with Gasteiger partial charge in [-0.3, -0.25) is 0 Å². The Morgan fingerprint density at radius 1 is 1.25 bits per heavy atom. The number of rotatable bonds is 9. The molecule has 1 N–H and O–H groups in total. The van der Waals surface area contributed by atoms with E-state index in [1.165, 1.54) is 0 Å². The van der Waals surface area contributed by atoms with E-state index in [1.54, 1.807) is 0 Å². The lowest BCUT2D eigenvalue weighted by molar-refractivity contribution is 0.267. The Morgan fingerprint density at radius 3 is 2.75 bits per heavy atom. The van der Waals surface area contributed by atoms with Gasteiger partial charge in [-0.1, -0.05) is 35.9 Å². The van der Waals surface area contributed by atoms with Crippen LogP contribution in [0, 0.1) is 0 Å². The van der Waals surface area contributed by atoms with Crippen LogP contribution in [0.25, 0.3) is 0 Å². The van der Waals surface area contributed by atoms with Crippen molar-refractivity contribution in [1.29, 1.82) is 0 Å². The van der Waals surface area contributed by atoms with Gasteiger partial charge in [-0.15, -0.1) is 6.58 Å². The molecule has 0 aromatic heterocycles. The number of nitrogens with one attached hydrogen (secondary N) is 1. The standard InChI is InChI=1S/C19H21BrClNO2/c1-3-9-22-12-14-10-16(20)19(18(11-14)23-4-2)24-13-15-7-5-6-8-17(15)21/h3,5-8,10-11,22H,1,4,9,12-13H2,2H3. The largest absolute Gasteiger partial charge is 0.490 e. The van der Waals surface area contributed by atoms with Crippen molar-refractivity contribution < 1.29 is 9.47 Å². The Balaban J connectivity index is 2.18. The van der Waals surface area contributed by atoms with Crippen molar-refractivity contribution in [2.75, 3.05) is 13.2 Å². The van der Waals surface area contributed by atoms with Crippen molar-refractivity contribution in [2.45, 2.75) is 20.1 Å². The number of benzene rings is 2. The van der Waals surface area contributed by atoms with Gasteiger partial charge in [0.05, 0.1) is 11.1 Å². The van der Waals surface area contributed by atoms with Crippen molar-refractivity contribution in [1.82, 2.24) is 5.32 Å². The third-order valence-corrected chi connectivity index (χ3v) is 4.27. The van der Waals surface area contributed by atoms with E-state index >= 15 is 0 Å². The summed E-state index contributed by atoms with van der Waals surface area (Å²) in [6.07, 6.45) is 1.83. The van der Waals surface area contributed by atoms with Crippen LogP contribution in [0.1, 0.15) is 18.1 Å². The van der Waals surface area contributed by atoms with E-state index < -0.39 is 0 Å². The minimum Gasteiger partial charge on any atom is -0.490 e. The van der Waals surface area contributed by atoms with Crippen molar-refractivity contribution in [3.8, 4) is 11.5 Å². The molecule has 2 aromatic carbocycles.